The van der Waals surface area contributed by atoms with Crippen molar-refractivity contribution < 1.29 is 0 Å². The SMILES string of the molecule is CCCC(CCc1ccc(C#N)cc1)CCC(C)C. The lowest BCUT2D eigenvalue weighted by atomic mass is 9.89. The summed E-state index contributed by atoms with van der Waals surface area (Å²) in [5.74, 6) is 1.68. The van der Waals surface area contributed by atoms with Gasteiger partial charge < -0.3 is 0 Å². The van der Waals surface area contributed by atoms with Crippen LogP contribution in [0.5, 0.6) is 0 Å². The highest BCUT2D eigenvalue weighted by atomic mass is 14.2. The third-order valence-corrected chi connectivity index (χ3v) is 3.77. The van der Waals surface area contributed by atoms with Gasteiger partial charge in [-0.15, -0.1) is 0 Å². The number of aryl methyl sites for hydroxylation is 1. The molecule has 0 saturated carbocycles. The lowest BCUT2D eigenvalue weighted by Crippen LogP contribution is -2.04. The summed E-state index contributed by atoms with van der Waals surface area (Å²) in [6.45, 7) is 6.90. The van der Waals surface area contributed by atoms with Gasteiger partial charge in [0.1, 0.15) is 0 Å². The average molecular weight is 257 g/mol. The maximum absolute atomic E-state index is 8.79. The molecule has 0 amide bonds. The van der Waals surface area contributed by atoms with E-state index in [1.807, 2.05) is 12.1 Å². The Bertz CT molecular complexity index is 383. The van der Waals surface area contributed by atoms with Crippen LogP contribution in [0.2, 0.25) is 0 Å². The molecule has 0 aliphatic heterocycles. The number of nitriles is 1. The Morgan fingerprint density at radius 3 is 2.21 bits per heavy atom. The molecule has 104 valence electrons. The molecule has 0 aromatic heterocycles. The van der Waals surface area contributed by atoms with Gasteiger partial charge in [0.15, 0.2) is 0 Å². The molecule has 0 heterocycles. The Hall–Kier alpha value is -1.29. The van der Waals surface area contributed by atoms with Gasteiger partial charge in [-0.05, 0) is 42.4 Å². The third-order valence-electron chi connectivity index (χ3n) is 3.77. The van der Waals surface area contributed by atoms with Crippen molar-refractivity contribution >= 4 is 0 Å². The molecular formula is C18H27N. The van der Waals surface area contributed by atoms with Gasteiger partial charge >= 0.3 is 0 Å². The highest BCUT2D eigenvalue weighted by Crippen LogP contribution is 2.22. The van der Waals surface area contributed by atoms with E-state index in [9.17, 15) is 0 Å². The predicted octanol–water partition coefficient (Wildman–Crippen LogP) is 5.34. The molecule has 19 heavy (non-hydrogen) atoms. The molecule has 0 radical (unpaired) electrons. The topological polar surface area (TPSA) is 23.8 Å². The summed E-state index contributed by atoms with van der Waals surface area (Å²) in [5, 5.41) is 8.79. The number of hydrogen-bond acceptors (Lipinski definition) is 1. The second-order valence-corrected chi connectivity index (χ2v) is 5.97. The van der Waals surface area contributed by atoms with Gasteiger partial charge in [0.2, 0.25) is 0 Å². The largest absolute Gasteiger partial charge is 0.192 e. The van der Waals surface area contributed by atoms with Crippen LogP contribution in [0.1, 0.15) is 64.0 Å². The van der Waals surface area contributed by atoms with E-state index in [4.69, 9.17) is 5.26 Å². The van der Waals surface area contributed by atoms with Crippen LogP contribution in [0.25, 0.3) is 0 Å². The number of nitrogens with zero attached hydrogens (tertiary/aromatic N) is 1. The molecular weight excluding hydrogens is 230 g/mol. The van der Waals surface area contributed by atoms with Gasteiger partial charge in [-0.2, -0.15) is 5.26 Å². The number of hydrogen-bond donors (Lipinski definition) is 0. The Kier molecular flexibility index (Phi) is 7.26. The van der Waals surface area contributed by atoms with E-state index >= 15 is 0 Å². The first kappa shape index (κ1) is 15.8. The molecule has 1 unspecified atom stereocenters. The molecule has 1 aromatic carbocycles. The van der Waals surface area contributed by atoms with Gasteiger partial charge in [0.05, 0.1) is 11.6 Å². The minimum absolute atomic E-state index is 0.758. The molecule has 0 aliphatic carbocycles. The lowest BCUT2D eigenvalue weighted by molar-refractivity contribution is 0.376. The summed E-state index contributed by atoms with van der Waals surface area (Å²) in [7, 11) is 0. The van der Waals surface area contributed by atoms with Crippen molar-refractivity contribution in [3.05, 3.63) is 35.4 Å². The maximum atomic E-state index is 8.79. The van der Waals surface area contributed by atoms with Gasteiger partial charge in [0, 0.05) is 0 Å². The van der Waals surface area contributed by atoms with Crippen molar-refractivity contribution in [2.75, 3.05) is 0 Å². The van der Waals surface area contributed by atoms with Crippen LogP contribution in [0.4, 0.5) is 0 Å². The van der Waals surface area contributed by atoms with Crippen molar-refractivity contribution in [2.45, 2.75) is 59.3 Å². The first-order valence-electron chi connectivity index (χ1n) is 7.64. The van der Waals surface area contributed by atoms with Gasteiger partial charge in [-0.1, -0.05) is 58.6 Å². The molecule has 0 fully saturated rings. The summed E-state index contributed by atoms with van der Waals surface area (Å²) in [6.07, 6.45) is 7.78. The summed E-state index contributed by atoms with van der Waals surface area (Å²) < 4.78 is 0. The Labute approximate surface area is 118 Å². The monoisotopic (exact) mass is 257 g/mol. The second-order valence-electron chi connectivity index (χ2n) is 5.97. The first-order chi connectivity index (χ1) is 9.15. The van der Waals surface area contributed by atoms with Gasteiger partial charge in [0.25, 0.3) is 0 Å². The van der Waals surface area contributed by atoms with Crippen LogP contribution in [-0.2, 0) is 6.42 Å². The van der Waals surface area contributed by atoms with E-state index in [2.05, 4.69) is 39.0 Å². The molecule has 0 aliphatic rings. The average Bonchev–Trinajstić information content (AvgIpc) is 2.42. The van der Waals surface area contributed by atoms with Crippen molar-refractivity contribution in [3.63, 3.8) is 0 Å². The molecule has 1 rings (SSSR count). The zero-order valence-electron chi connectivity index (χ0n) is 12.7. The van der Waals surface area contributed by atoms with E-state index < -0.39 is 0 Å². The number of rotatable bonds is 8. The molecule has 0 spiro atoms. The molecule has 1 nitrogen and oxygen atoms in total. The second kappa shape index (κ2) is 8.75. The Balaban J connectivity index is 2.43. The summed E-state index contributed by atoms with van der Waals surface area (Å²) in [4.78, 5) is 0. The van der Waals surface area contributed by atoms with Crippen LogP contribution in [0, 0.1) is 23.2 Å². The Morgan fingerprint density at radius 2 is 1.68 bits per heavy atom. The smallest absolute Gasteiger partial charge is 0.0991 e. The highest BCUT2D eigenvalue weighted by Gasteiger charge is 2.09. The Morgan fingerprint density at radius 1 is 1.00 bits per heavy atom. The minimum atomic E-state index is 0.758. The fourth-order valence-corrected chi connectivity index (χ4v) is 2.53. The van der Waals surface area contributed by atoms with E-state index in [1.54, 1.807) is 0 Å². The summed E-state index contributed by atoms with van der Waals surface area (Å²) >= 11 is 0. The van der Waals surface area contributed by atoms with Crippen LogP contribution < -0.4 is 0 Å². The van der Waals surface area contributed by atoms with Crippen molar-refractivity contribution in [2.24, 2.45) is 11.8 Å². The van der Waals surface area contributed by atoms with Crippen LogP contribution in [0.15, 0.2) is 24.3 Å². The molecule has 1 heteroatoms. The minimum Gasteiger partial charge on any atom is -0.192 e. The molecule has 1 aromatic rings. The quantitative estimate of drug-likeness (QED) is 0.616. The summed E-state index contributed by atoms with van der Waals surface area (Å²) in [5.41, 5.74) is 2.12. The van der Waals surface area contributed by atoms with Crippen LogP contribution >= 0.6 is 0 Å². The predicted molar refractivity (Wildman–Crippen MR) is 81.9 cm³/mol. The van der Waals surface area contributed by atoms with Crippen molar-refractivity contribution in [3.8, 4) is 6.07 Å². The third kappa shape index (κ3) is 6.43. The molecule has 1 atom stereocenters. The zero-order valence-corrected chi connectivity index (χ0v) is 12.7. The summed E-state index contributed by atoms with van der Waals surface area (Å²) in [6, 6.07) is 10.2. The molecule has 0 N–H and O–H groups in total. The van der Waals surface area contributed by atoms with Crippen LogP contribution in [-0.4, -0.2) is 0 Å². The van der Waals surface area contributed by atoms with E-state index in [1.165, 1.54) is 37.7 Å². The highest BCUT2D eigenvalue weighted by molar-refractivity contribution is 5.31. The van der Waals surface area contributed by atoms with Crippen LogP contribution in [0.3, 0.4) is 0 Å². The molecule has 0 bridgehead atoms. The van der Waals surface area contributed by atoms with Gasteiger partial charge in [-0.3, -0.25) is 0 Å². The zero-order chi connectivity index (χ0) is 14.1. The fraction of sp³-hybridized carbons (Fsp3) is 0.611. The fourth-order valence-electron chi connectivity index (χ4n) is 2.53. The standard InChI is InChI=1S/C18H27N/c1-4-5-16(7-6-15(2)3)8-9-17-10-12-18(14-19)13-11-17/h10-13,15-16H,4-9H2,1-3H3. The van der Waals surface area contributed by atoms with Gasteiger partial charge in [-0.25, -0.2) is 0 Å². The maximum Gasteiger partial charge on any atom is 0.0991 e. The first-order valence-corrected chi connectivity index (χ1v) is 7.64. The van der Waals surface area contributed by atoms with Crippen molar-refractivity contribution in [1.29, 1.82) is 5.26 Å². The van der Waals surface area contributed by atoms with E-state index in [0.29, 0.717) is 0 Å². The van der Waals surface area contributed by atoms with E-state index in [0.717, 1.165) is 23.8 Å². The number of benzene rings is 1. The van der Waals surface area contributed by atoms with E-state index in [-0.39, 0.29) is 0 Å². The van der Waals surface area contributed by atoms with Crippen molar-refractivity contribution in [1.82, 2.24) is 0 Å². The molecule has 0 saturated heterocycles. The normalized spacial score (nSPS) is 12.4. The lowest BCUT2D eigenvalue weighted by Gasteiger charge is -2.17.